The van der Waals surface area contributed by atoms with Crippen LogP contribution in [0.2, 0.25) is 0 Å². The predicted octanol–water partition coefficient (Wildman–Crippen LogP) is 5.42. The number of rotatable bonds is 12. The normalized spacial score (nSPS) is 11.6. The molecule has 0 bridgehead atoms. The predicted molar refractivity (Wildman–Crippen MR) is 122 cm³/mol. The van der Waals surface area contributed by atoms with Crippen LogP contribution >= 0.6 is 0 Å². The number of allylic oxidation sites excluding steroid dienone is 1. The average molecular weight is 420 g/mol. The Morgan fingerprint density at radius 2 is 1.81 bits per heavy atom. The molecule has 0 saturated heterocycles. The van der Waals surface area contributed by atoms with Crippen LogP contribution in [-0.2, 0) is 11.3 Å². The lowest BCUT2D eigenvalue weighted by Crippen LogP contribution is -2.17. The number of carboxylic acids is 1. The van der Waals surface area contributed by atoms with Gasteiger partial charge in [-0.05, 0) is 41.7 Å². The number of nitrogens with zero attached hydrogens (tertiary/aromatic N) is 2. The topological polar surface area (TPSA) is 88.2 Å². The van der Waals surface area contributed by atoms with Gasteiger partial charge < -0.3 is 14.8 Å². The van der Waals surface area contributed by atoms with E-state index in [1.165, 1.54) is 24.0 Å². The molecule has 3 aromatic rings. The third kappa shape index (κ3) is 7.19. The highest BCUT2D eigenvalue weighted by Crippen LogP contribution is 2.25. The zero-order valence-electron chi connectivity index (χ0n) is 17.9. The number of hydrogen-bond donors (Lipinski definition) is 2. The number of carbonyl (C=O) groups is 1. The Bertz CT molecular complexity index is 979. The highest BCUT2D eigenvalue weighted by Gasteiger charge is 2.09. The van der Waals surface area contributed by atoms with Crippen molar-refractivity contribution in [3.05, 3.63) is 71.6 Å². The maximum atomic E-state index is 10.6. The molecule has 31 heavy (non-hydrogen) atoms. The van der Waals surface area contributed by atoms with Gasteiger partial charge in [-0.3, -0.25) is 4.79 Å². The van der Waals surface area contributed by atoms with Gasteiger partial charge in [0.25, 0.3) is 0 Å². The first-order chi connectivity index (χ1) is 15.2. The fraction of sp³-hybridized carbons (Fsp3) is 0.320. The molecule has 3 rings (SSSR count). The van der Waals surface area contributed by atoms with E-state index in [4.69, 9.17) is 9.52 Å². The minimum Gasteiger partial charge on any atom is -0.481 e. The minimum atomic E-state index is -0.801. The van der Waals surface area contributed by atoms with Crippen molar-refractivity contribution in [1.29, 1.82) is 0 Å². The summed E-state index contributed by atoms with van der Waals surface area (Å²) < 4.78 is 5.91. The molecule has 0 unspecified atom stereocenters. The summed E-state index contributed by atoms with van der Waals surface area (Å²) in [6, 6.07) is 18.1. The van der Waals surface area contributed by atoms with E-state index in [0.29, 0.717) is 24.9 Å². The van der Waals surface area contributed by atoms with Crippen LogP contribution < -0.4 is 5.32 Å². The fourth-order valence-electron chi connectivity index (χ4n) is 3.27. The summed E-state index contributed by atoms with van der Waals surface area (Å²) in [7, 11) is 0. The van der Waals surface area contributed by atoms with Gasteiger partial charge in [-0.25, -0.2) is 0 Å². The molecule has 0 aliphatic carbocycles. The van der Waals surface area contributed by atoms with Crippen LogP contribution in [0.15, 0.2) is 59.0 Å². The molecule has 0 atom stereocenters. The van der Waals surface area contributed by atoms with Crippen LogP contribution in [0.1, 0.15) is 56.0 Å². The monoisotopic (exact) mass is 419 g/mol. The number of aromatic nitrogens is 2. The van der Waals surface area contributed by atoms with E-state index in [1.54, 1.807) is 0 Å². The van der Waals surface area contributed by atoms with Crippen molar-refractivity contribution in [2.45, 2.75) is 45.6 Å². The molecule has 1 aromatic heterocycles. The number of aliphatic carboxylic acids is 1. The van der Waals surface area contributed by atoms with Crippen LogP contribution in [0.3, 0.4) is 0 Å². The van der Waals surface area contributed by atoms with E-state index < -0.39 is 5.97 Å². The van der Waals surface area contributed by atoms with Crippen molar-refractivity contribution >= 4 is 17.6 Å². The summed E-state index contributed by atoms with van der Waals surface area (Å²) in [5.74, 6) is 0.187. The van der Waals surface area contributed by atoms with Crippen LogP contribution in [0.25, 0.3) is 23.1 Å². The standard InChI is InChI=1S/C25H29N3O3/c1-2-3-5-10-22(20-8-6-4-7-9-20)17-23-27-28-25(31-23)21-13-11-19(12-14-21)18-26-16-15-24(29)30/h4,6-9,11-14,17,26H,2-3,5,10,15-16,18H2,1H3,(H,29,30)/b22-17-. The molecule has 6 heteroatoms. The Morgan fingerprint density at radius 3 is 2.52 bits per heavy atom. The van der Waals surface area contributed by atoms with Crippen molar-refractivity contribution in [2.75, 3.05) is 6.54 Å². The van der Waals surface area contributed by atoms with Gasteiger partial charge in [0.1, 0.15) is 0 Å². The summed E-state index contributed by atoms with van der Waals surface area (Å²) in [6.45, 7) is 3.26. The van der Waals surface area contributed by atoms with E-state index in [9.17, 15) is 4.79 Å². The second kappa shape index (κ2) is 11.8. The van der Waals surface area contributed by atoms with Gasteiger partial charge in [0.2, 0.25) is 11.8 Å². The molecule has 6 nitrogen and oxygen atoms in total. The van der Waals surface area contributed by atoms with Crippen LogP contribution in [-0.4, -0.2) is 27.8 Å². The lowest BCUT2D eigenvalue weighted by molar-refractivity contribution is -0.136. The first kappa shape index (κ1) is 22.4. The molecule has 0 fully saturated rings. The Kier molecular flexibility index (Phi) is 8.55. The van der Waals surface area contributed by atoms with E-state index in [2.05, 4.69) is 34.6 Å². The van der Waals surface area contributed by atoms with Crippen molar-refractivity contribution in [3.8, 4) is 11.5 Å². The van der Waals surface area contributed by atoms with Crippen molar-refractivity contribution in [3.63, 3.8) is 0 Å². The number of benzene rings is 2. The van der Waals surface area contributed by atoms with Crippen molar-refractivity contribution < 1.29 is 14.3 Å². The Labute approximate surface area is 183 Å². The molecule has 0 spiro atoms. The van der Waals surface area contributed by atoms with Gasteiger partial charge >= 0.3 is 5.97 Å². The van der Waals surface area contributed by atoms with Crippen LogP contribution in [0, 0.1) is 0 Å². The molecular weight excluding hydrogens is 390 g/mol. The molecule has 0 saturated carbocycles. The highest BCUT2D eigenvalue weighted by molar-refractivity contribution is 5.79. The Balaban J connectivity index is 1.68. The molecule has 0 aliphatic heterocycles. The zero-order chi connectivity index (χ0) is 21.9. The zero-order valence-corrected chi connectivity index (χ0v) is 17.9. The number of carboxylic acid groups (broad SMARTS) is 1. The fourth-order valence-corrected chi connectivity index (χ4v) is 3.27. The maximum Gasteiger partial charge on any atom is 0.304 e. The molecule has 0 aliphatic rings. The lowest BCUT2D eigenvalue weighted by Gasteiger charge is -2.06. The highest BCUT2D eigenvalue weighted by atomic mass is 16.4. The molecule has 1 heterocycles. The summed E-state index contributed by atoms with van der Waals surface area (Å²) in [5, 5.41) is 20.2. The summed E-state index contributed by atoms with van der Waals surface area (Å²) >= 11 is 0. The lowest BCUT2D eigenvalue weighted by atomic mass is 9.99. The first-order valence-electron chi connectivity index (χ1n) is 10.8. The van der Waals surface area contributed by atoms with E-state index in [-0.39, 0.29) is 6.42 Å². The molecule has 0 radical (unpaired) electrons. The van der Waals surface area contributed by atoms with Crippen LogP contribution in [0.5, 0.6) is 0 Å². The molecule has 2 aromatic carbocycles. The smallest absolute Gasteiger partial charge is 0.304 e. The Hall–Kier alpha value is -3.25. The largest absolute Gasteiger partial charge is 0.481 e. The van der Waals surface area contributed by atoms with Gasteiger partial charge in [0.05, 0.1) is 6.42 Å². The molecule has 0 amide bonds. The minimum absolute atomic E-state index is 0.111. The van der Waals surface area contributed by atoms with E-state index >= 15 is 0 Å². The average Bonchev–Trinajstić information content (AvgIpc) is 3.26. The number of unbranched alkanes of at least 4 members (excludes halogenated alkanes) is 2. The third-order valence-corrected chi connectivity index (χ3v) is 4.98. The van der Waals surface area contributed by atoms with Gasteiger partial charge in [-0.1, -0.05) is 62.2 Å². The summed E-state index contributed by atoms with van der Waals surface area (Å²) in [6.07, 6.45) is 6.57. The summed E-state index contributed by atoms with van der Waals surface area (Å²) in [4.78, 5) is 10.6. The SMILES string of the molecule is CCCCC/C(=C/c1nnc(-c2ccc(CNCCC(=O)O)cc2)o1)c1ccccc1. The van der Waals surface area contributed by atoms with Crippen molar-refractivity contribution in [1.82, 2.24) is 15.5 Å². The molecule has 2 N–H and O–H groups in total. The second-order valence-electron chi connectivity index (χ2n) is 7.46. The summed E-state index contributed by atoms with van der Waals surface area (Å²) in [5.41, 5.74) is 4.30. The second-order valence-corrected chi connectivity index (χ2v) is 7.46. The Morgan fingerprint density at radius 1 is 1.03 bits per heavy atom. The quantitative estimate of drug-likeness (QED) is 0.381. The number of hydrogen-bond acceptors (Lipinski definition) is 5. The molecule has 162 valence electrons. The van der Waals surface area contributed by atoms with Gasteiger partial charge in [-0.15, -0.1) is 10.2 Å². The number of nitrogens with one attached hydrogen (secondary N) is 1. The van der Waals surface area contributed by atoms with E-state index in [0.717, 1.165) is 24.0 Å². The third-order valence-electron chi connectivity index (χ3n) is 4.98. The maximum absolute atomic E-state index is 10.6. The van der Waals surface area contributed by atoms with Gasteiger partial charge in [-0.2, -0.15) is 0 Å². The van der Waals surface area contributed by atoms with Crippen molar-refractivity contribution in [2.24, 2.45) is 0 Å². The van der Waals surface area contributed by atoms with E-state index in [1.807, 2.05) is 48.5 Å². The first-order valence-corrected chi connectivity index (χ1v) is 10.8. The van der Waals surface area contributed by atoms with Gasteiger partial charge in [0, 0.05) is 24.7 Å². The van der Waals surface area contributed by atoms with Gasteiger partial charge in [0.15, 0.2) is 0 Å². The van der Waals surface area contributed by atoms with Crippen LogP contribution in [0.4, 0.5) is 0 Å². The molecular formula is C25H29N3O3.